The number of rotatable bonds is 8. The molecule has 1 N–H and O–H groups in total. The molecule has 174 valence electrons. The minimum atomic E-state index is -0.613. The molecule has 0 aliphatic carbocycles. The van der Waals surface area contributed by atoms with E-state index in [9.17, 15) is 9.59 Å². The third kappa shape index (κ3) is 5.75. The van der Waals surface area contributed by atoms with Crippen LogP contribution in [-0.4, -0.2) is 44.8 Å². The average Bonchev–Trinajstić information content (AvgIpc) is 2.89. The van der Waals surface area contributed by atoms with Gasteiger partial charge >= 0.3 is 5.97 Å². The fourth-order valence-corrected chi connectivity index (χ4v) is 3.47. The summed E-state index contributed by atoms with van der Waals surface area (Å²) in [5, 5.41) is 2.72. The van der Waals surface area contributed by atoms with E-state index in [-0.39, 0.29) is 12.6 Å². The van der Waals surface area contributed by atoms with Gasteiger partial charge in [-0.05, 0) is 29.8 Å². The average molecular weight is 459 g/mol. The van der Waals surface area contributed by atoms with Gasteiger partial charge in [-0.1, -0.05) is 60.7 Å². The lowest BCUT2D eigenvalue weighted by atomic mass is 10.0. The Hall–Kier alpha value is -4.26. The van der Waals surface area contributed by atoms with Gasteiger partial charge in [0.25, 0.3) is 5.91 Å². The van der Waals surface area contributed by atoms with Crippen molar-refractivity contribution >= 4 is 23.5 Å². The van der Waals surface area contributed by atoms with Gasteiger partial charge in [-0.15, -0.1) is 0 Å². The van der Waals surface area contributed by atoms with Crippen molar-refractivity contribution in [1.29, 1.82) is 0 Å². The van der Waals surface area contributed by atoms with E-state index in [1.807, 2.05) is 66.7 Å². The molecule has 0 fully saturated rings. The highest BCUT2D eigenvalue weighted by Crippen LogP contribution is 2.30. The van der Waals surface area contributed by atoms with Crippen molar-refractivity contribution in [3.63, 3.8) is 0 Å². The van der Waals surface area contributed by atoms with Gasteiger partial charge in [0.05, 0.1) is 19.2 Å². The number of fused-ring (bicyclic) bond motifs is 1. The maximum atomic E-state index is 12.9. The maximum Gasteiger partial charge on any atom is 0.339 e. The molecule has 0 aromatic heterocycles. The molecular weight excluding hydrogens is 434 g/mol. The molecule has 7 heteroatoms. The molecule has 7 nitrogen and oxygen atoms in total. The molecule has 1 aliphatic rings. The number of para-hydroxylation sites is 3. The van der Waals surface area contributed by atoms with Crippen molar-refractivity contribution in [2.24, 2.45) is 0 Å². The Morgan fingerprint density at radius 2 is 1.68 bits per heavy atom. The molecular formula is C27H25NO6. The highest BCUT2D eigenvalue weighted by atomic mass is 16.6. The van der Waals surface area contributed by atoms with Gasteiger partial charge < -0.3 is 24.3 Å². The van der Waals surface area contributed by atoms with Crippen LogP contribution in [0.4, 0.5) is 0 Å². The van der Waals surface area contributed by atoms with E-state index in [0.717, 1.165) is 5.56 Å². The second-order valence-corrected chi connectivity index (χ2v) is 7.54. The number of hydrogen-bond acceptors (Lipinski definition) is 6. The highest BCUT2D eigenvalue weighted by molar-refractivity contribution is 6.22. The van der Waals surface area contributed by atoms with E-state index in [0.29, 0.717) is 35.0 Å². The molecule has 0 saturated heterocycles. The second kappa shape index (κ2) is 11.0. The van der Waals surface area contributed by atoms with Crippen molar-refractivity contribution in [1.82, 2.24) is 5.32 Å². The molecule has 1 unspecified atom stereocenters. The lowest BCUT2D eigenvalue weighted by molar-refractivity contribution is -0.143. The van der Waals surface area contributed by atoms with Crippen LogP contribution in [0.2, 0.25) is 0 Å². The van der Waals surface area contributed by atoms with Crippen LogP contribution < -0.4 is 19.5 Å². The molecule has 1 atom stereocenters. The number of amides is 1. The maximum absolute atomic E-state index is 12.9. The zero-order valence-corrected chi connectivity index (χ0v) is 18.7. The number of esters is 1. The van der Waals surface area contributed by atoms with Gasteiger partial charge in [0, 0.05) is 5.56 Å². The number of benzene rings is 3. The summed E-state index contributed by atoms with van der Waals surface area (Å²) in [4.78, 5) is 25.3. The molecule has 0 saturated carbocycles. The van der Waals surface area contributed by atoms with Crippen LogP contribution in [0.1, 0.15) is 11.1 Å². The first-order valence-corrected chi connectivity index (χ1v) is 10.9. The van der Waals surface area contributed by atoms with Crippen molar-refractivity contribution in [3.8, 4) is 17.2 Å². The van der Waals surface area contributed by atoms with E-state index in [1.165, 1.54) is 0 Å². The van der Waals surface area contributed by atoms with E-state index < -0.39 is 18.5 Å². The number of hydrogen-bond donors (Lipinski definition) is 1. The fourth-order valence-electron chi connectivity index (χ4n) is 3.47. The summed E-state index contributed by atoms with van der Waals surface area (Å²) >= 11 is 0. The first-order chi connectivity index (χ1) is 16.6. The molecule has 1 amide bonds. The van der Waals surface area contributed by atoms with Gasteiger partial charge in [-0.2, -0.15) is 0 Å². The molecule has 0 spiro atoms. The highest BCUT2D eigenvalue weighted by Gasteiger charge is 2.22. The molecule has 3 aromatic carbocycles. The third-order valence-electron chi connectivity index (χ3n) is 5.17. The molecule has 3 aromatic rings. The summed E-state index contributed by atoms with van der Waals surface area (Å²) < 4.78 is 22.2. The summed E-state index contributed by atoms with van der Waals surface area (Å²) in [6.45, 7) is 0.128. The lowest BCUT2D eigenvalue weighted by Gasteiger charge is -2.26. The predicted molar refractivity (Wildman–Crippen MR) is 128 cm³/mol. The lowest BCUT2D eigenvalue weighted by Crippen LogP contribution is -2.42. The van der Waals surface area contributed by atoms with E-state index in [4.69, 9.17) is 18.9 Å². The van der Waals surface area contributed by atoms with Gasteiger partial charge in [-0.25, -0.2) is 4.79 Å². The summed E-state index contributed by atoms with van der Waals surface area (Å²) in [5.74, 6) is 0.888. The quantitative estimate of drug-likeness (QED) is 0.314. The predicted octanol–water partition coefficient (Wildman–Crippen LogP) is 3.74. The topological polar surface area (TPSA) is 83.1 Å². The number of methoxy groups -OCH3 is 1. The smallest absolute Gasteiger partial charge is 0.339 e. The van der Waals surface area contributed by atoms with Crippen LogP contribution in [0.25, 0.3) is 11.6 Å². The zero-order chi connectivity index (χ0) is 23.8. The van der Waals surface area contributed by atoms with E-state index in [1.54, 1.807) is 25.3 Å². The Labute approximate surface area is 197 Å². The summed E-state index contributed by atoms with van der Waals surface area (Å²) in [6, 6.07) is 23.8. The van der Waals surface area contributed by atoms with Crippen molar-refractivity contribution < 1.29 is 28.5 Å². The largest absolute Gasteiger partial charge is 0.496 e. The van der Waals surface area contributed by atoms with Gasteiger partial charge in [0.1, 0.15) is 18.5 Å². The summed E-state index contributed by atoms with van der Waals surface area (Å²) in [7, 11) is 1.57. The summed E-state index contributed by atoms with van der Waals surface area (Å²) in [6.07, 6.45) is 1.36. The van der Waals surface area contributed by atoms with Crippen LogP contribution in [-0.2, 0) is 14.3 Å². The molecule has 34 heavy (non-hydrogen) atoms. The van der Waals surface area contributed by atoms with Crippen LogP contribution >= 0.6 is 0 Å². The Balaban J connectivity index is 1.37. The Kier molecular flexibility index (Phi) is 7.45. The standard InChI is InChI=1S/C27H25NO6/c1-31-23-12-6-5-11-20(23)15-22(19-9-3-2-4-10-19)27(30)33-18-26(29)28-16-21-17-32-24-13-7-8-14-25(24)34-21/h2-15,21H,16-18H2,1H3,(H,28,29)/b22-15+. The Morgan fingerprint density at radius 3 is 2.47 bits per heavy atom. The van der Waals surface area contributed by atoms with Crippen LogP contribution in [0.3, 0.4) is 0 Å². The minimum Gasteiger partial charge on any atom is -0.496 e. The minimum absolute atomic E-state index is 0.229. The van der Waals surface area contributed by atoms with Gasteiger partial charge in [0.2, 0.25) is 0 Å². The third-order valence-corrected chi connectivity index (χ3v) is 5.17. The molecule has 1 heterocycles. The van der Waals surface area contributed by atoms with Crippen LogP contribution in [0.15, 0.2) is 78.9 Å². The second-order valence-electron chi connectivity index (χ2n) is 7.54. The normalized spacial score (nSPS) is 14.7. The Morgan fingerprint density at radius 1 is 0.971 bits per heavy atom. The number of nitrogens with one attached hydrogen (secondary N) is 1. The first-order valence-electron chi connectivity index (χ1n) is 10.9. The van der Waals surface area contributed by atoms with E-state index in [2.05, 4.69) is 5.32 Å². The fraction of sp³-hybridized carbons (Fsp3) is 0.185. The van der Waals surface area contributed by atoms with Gasteiger partial charge in [-0.3, -0.25) is 4.79 Å². The number of ether oxygens (including phenoxy) is 4. The van der Waals surface area contributed by atoms with E-state index >= 15 is 0 Å². The van der Waals surface area contributed by atoms with Crippen LogP contribution in [0.5, 0.6) is 17.2 Å². The zero-order valence-electron chi connectivity index (χ0n) is 18.7. The molecule has 4 rings (SSSR count). The molecule has 0 radical (unpaired) electrons. The monoisotopic (exact) mass is 459 g/mol. The SMILES string of the molecule is COc1ccccc1/C=C(/C(=O)OCC(=O)NCC1COc2ccccc2O1)c1ccccc1. The van der Waals surface area contributed by atoms with Crippen molar-refractivity contribution in [2.45, 2.75) is 6.10 Å². The summed E-state index contributed by atoms with van der Waals surface area (Å²) in [5.41, 5.74) is 1.71. The Bertz CT molecular complexity index is 1170. The van der Waals surface area contributed by atoms with Crippen LogP contribution in [0, 0.1) is 0 Å². The van der Waals surface area contributed by atoms with Crippen molar-refractivity contribution in [3.05, 3.63) is 90.0 Å². The van der Waals surface area contributed by atoms with Crippen molar-refractivity contribution in [2.75, 3.05) is 26.9 Å². The first kappa shape index (κ1) is 22.9. The number of carbonyl (C=O) groups excluding carboxylic acids is 2. The molecule has 1 aliphatic heterocycles. The molecule has 0 bridgehead atoms. The number of carbonyl (C=O) groups is 2. The van der Waals surface area contributed by atoms with Gasteiger partial charge in [0.15, 0.2) is 18.1 Å².